The molecule has 0 fully saturated rings. The molecule has 0 spiro atoms. The zero-order valence-electron chi connectivity index (χ0n) is 72.9. The molecule has 0 radical (unpaired) electrons. The fourth-order valence-corrected chi connectivity index (χ4v) is 12.6. The van der Waals surface area contributed by atoms with E-state index in [-0.39, 0.29) is 122 Å². The summed E-state index contributed by atoms with van der Waals surface area (Å²) in [6.45, 7) is 29.7. The summed E-state index contributed by atoms with van der Waals surface area (Å²) in [5.74, 6) is -1.33. The van der Waals surface area contributed by atoms with E-state index in [0.29, 0.717) is 114 Å². The Balaban J connectivity index is 0.000000292. The minimum Gasteiger partial charge on any atom is -0.493 e. The minimum atomic E-state index is -0.521. The third-order valence-corrected chi connectivity index (χ3v) is 20.3. The van der Waals surface area contributed by atoms with E-state index in [1.54, 1.807) is 132 Å². The molecule has 2 unspecified atom stereocenters. The van der Waals surface area contributed by atoms with Crippen molar-refractivity contribution in [3.63, 3.8) is 0 Å². The lowest BCUT2D eigenvalue weighted by Crippen LogP contribution is -2.29. The molecule has 0 aliphatic rings. The van der Waals surface area contributed by atoms with Gasteiger partial charge in [0.25, 0.3) is 45.9 Å². The van der Waals surface area contributed by atoms with Crippen LogP contribution in [0.4, 0.5) is 45.5 Å². The number of nitrogens with one attached hydrogen (secondary N) is 4. The normalized spacial score (nSPS) is 11.4. The molecule has 8 rings (SSSR count). The van der Waals surface area contributed by atoms with Crippen LogP contribution in [-0.4, -0.2) is 88.5 Å². The van der Waals surface area contributed by atoms with Crippen LogP contribution in [0.25, 0.3) is 0 Å². The Bertz CT molecular complexity index is 5500. The molecular weight excluding hydrogens is 1570 g/mol. The standard InChI is InChI=1S/C26H35N5O3.C24H31N5O3.C21H25N5O3.C20H23N5O3/c1-5-8-10-19(7-3)17-31-25(33)22(16-27)18(4)23(26(31)34)30-29-21-13-11-20(12-14-21)24(32)28-15-9-6-2;1-5-8-9-17(6-2)15-26-22(30)18-10-12-19(13-11-18)27-28-21-16(4)20(14-25)23(31)29(7-3)24(21)32;1-4-7-12-26-20(28)17(13-22)16(5-2)18(21(26)29)25-24-15-10-8-14(9-11-15)19(27)23-6-3;1-4-6-11-22-18(26)14-7-9-15(10-8-14)23-24-17-13(3)16(12-21)19(27)25(5-2)20(17)28/h11-14,19,33H,5-10,15,17H2,1-4H3,(H,28,32);10-13,17,31H,5-9,15H2,1-4H3,(H,26,30);8-11,28H,4-7,12H2,1-3H3,(H,23,27);7-10,27H,4-6,11H2,1-3H3,(H,22,26). The van der Waals surface area contributed by atoms with E-state index in [1.165, 1.54) is 16.1 Å². The number of carbonyl (C=O) groups is 4. The molecule has 2 atom stereocenters. The van der Waals surface area contributed by atoms with Crippen LogP contribution >= 0.6 is 0 Å². The second kappa shape index (κ2) is 51.6. The van der Waals surface area contributed by atoms with Gasteiger partial charge in [-0.3, -0.25) is 56.6 Å². The van der Waals surface area contributed by atoms with Crippen molar-refractivity contribution in [3.05, 3.63) is 205 Å². The maximum atomic E-state index is 13.2. The molecule has 0 bridgehead atoms. The number of pyridine rings is 4. The Morgan fingerprint density at radius 3 is 0.984 bits per heavy atom. The number of carbonyl (C=O) groups excluding carboxylic acids is 4. The summed E-state index contributed by atoms with van der Waals surface area (Å²) in [7, 11) is 0. The largest absolute Gasteiger partial charge is 0.493 e. The number of azo groups is 4. The van der Waals surface area contributed by atoms with Gasteiger partial charge >= 0.3 is 0 Å². The first kappa shape index (κ1) is 99.7. The maximum Gasteiger partial charge on any atom is 0.281 e. The van der Waals surface area contributed by atoms with E-state index in [0.717, 1.165) is 92.6 Å². The molecule has 0 saturated heterocycles. The number of unbranched alkanes of at least 4 members (excludes halogenated alkanes) is 5. The number of hydrogen-bond acceptors (Lipinski definition) is 24. The van der Waals surface area contributed by atoms with Gasteiger partial charge in [0.2, 0.25) is 23.5 Å². The van der Waals surface area contributed by atoms with Gasteiger partial charge in [-0.25, -0.2) is 0 Å². The van der Waals surface area contributed by atoms with Crippen molar-refractivity contribution < 1.29 is 39.6 Å². The highest BCUT2D eigenvalue weighted by Gasteiger charge is 2.25. The third-order valence-electron chi connectivity index (χ3n) is 20.3. The summed E-state index contributed by atoms with van der Waals surface area (Å²) in [6, 6.07) is 34.0. The van der Waals surface area contributed by atoms with E-state index < -0.39 is 22.2 Å². The molecular formula is C91H114N20O12. The lowest BCUT2D eigenvalue weighted by molar-refractivity contribution is 0.0939. The fourth-order valence-electron chi connectivity index (χ4n) is 12.6. The number of aromatic hydroxyl groups is 4. The molecule has 32 nitrogen and oxygen atoms in total. The molecule has 0 aliphatic carbocycles. The minimum absolute atomic E-state index is 0.000654. The summed E-state index contributed by atoms with van der Waals surface area (Å²) in [4.78, 5) is 99.5. The van der Waals surface area contributed by atoms with E-state index >= 15 is 0 Å². The average Bonchev–Trinajstić information content (AvgIpc) is 0.793. The van der Waals surface area contributed by atoms with Crippen LogP contribution in [0.5, 0.6) is 23.5 Å². The molecule has 123 heavy (non-hydrogen) atoms. The first-order valence-electron chi connectivity index (χ1n) is 41.8. The second-order valence-corrected chi connectivity index (χ2v) is 28.8. The Morgan fingerprint density at radius 2 is 0.667 bits per heavy atom. The lowest BCUT2D eigenvalue weighted by Gasteiger charge is -2.19. The van der Waals surface area contributed by atoms with Gasteiger partial charge in [-0.15, -0.1) is 20.5 Å². The van der Waals surface area contributed by atoms with E-state index in [1.807, 2.05) is 38.1 Å². The van der Waals surface area contributed by atoms with Gasteiger partial charge in [0.15, 0.2) is 22.7 Å². The Hall–Kier alpha value is -13.9. The quantitative estimate of drug-likeness (QED) is 0.0132. The van der Waals surface area contributed by atoms with Crippen molar-refractivity contribution >= 4 is 69.1 Å². The topological polar surface area (TPSA) is 479 Å². The van der Waals surface area contributed by atoms with Crippen molar-refractivity contribution in [1.82, 2.24) is 39.5 Å². The first-order valence-corrected chi connectivity index (χ1v) is 41.8. The first-order chi connectivity index (χ1) is 59.2. The molecule has 650 valence electrons. The SMILES string of the molecule is CCCCC(CC)CNC(=O)c1ccc(N=Nc2c(C)c(C#N)c(O)n(CC)c2=O)cc1.CCCCNC(=O)c1ccc(N=Nc2c(C)c(C#N)c(O)n(CC(CC)CCCC)c2=O)cc1.CCCCNC(=O)c1ccc(N=Nc2c(C)c(C#N)c(O)n(CC)c2=O)cc1.CCCCn1c(O)c(C#N)c(CC)c(N=Nc2ccc(C(=O)NCC)cc2)c1=O. The zero-order chi connectivity index (χ0) is 90.8. The van der Waals surface area contributed by atoms with Crippen LogP contribution in [0.1, 0.15) is 252 Å². The zero-order valence-corrected chi connectivity index (χ0v) is 72.9. The summed E-state index contributed by atoms with van der Waals surface area (Å²) in [5, 5.41) is 123. The number of aromatic nitrogens is 4. The molecule has 0 aliphatic heterocycles. The highest BCUT2D eigenvalue weighted by molar-refractivity contribution is 5.96. The lowest BCUT2D eigenvalue weighted by atomic mass is 9.99. The Kier molecular flexibility index (Phi) is 41.8. The van der Waals surface area contributed by atoms with Crippen LogP contribution in [0.2, 0.25) is 0 Å². The van der Waals surface area contributed by atoms with Gasteiger partial charge in [-0.1, -0.05) is 113 Å². The molecule has 8 N–H and O–H groups in total. The van der Waals surface area contributed by atoms with E-state index in [9.17, 15) is 79.8 Å². The molecule has 4 amide bonds. The predicted molar refractivity (Wildman–Crippen MR) is 472 cm³/mol. The maximum absolute atomic E-state index is 13.2. The van der Waals surface area contributed by atoms with Gasteiger partial charge in [0, 0.05) is 96.9 Å². The highest BCUT2D eigenvalue weighted by atomic mass is 16.3. The smallest absolute Gasteiger partial charge is 0.281 e. The van der Waals surface area contributed by atoms with Crippen molar-refractivity contribution in [1.29, 1.82) is 21.0 Å². The number of benzene rings is 4. The van der Waals surface area contributed by atoms with Crippen LogP contribution in [0.3, 0.4) is 0 Å². The van der Waals surface area contributed by atoms with E-state index in [2.05, 4.69) is 104 Å². The molecule has 0 saturated carbocycles. The van der Waals surface area contributed by atoms with Gasteiger partial charge < -0.3 is 41.7 Å². The van der Waals surface area contributed by atoms with Crippen LogP contribution in [-0.2, 0) is 32.6 Å². The van der Waals surface area contributed by atoms with Crippen LogP contribution < -0.4 is 43.5 Å². The van der Waals surface area contributed by atoms with Crippen molar-refractivity contribution in [2.24, 2.45) is 52.7 Å². The summed E-state index contributed by atoms with van der Waals surface area (Å²) in [6.07, 6.45) is 14.0. The van der Waals surface area contributed by atoms with Crippen LogP contribution in [0.15, 0.2) is 157 Å². The monoisotopic (exact) mass is 1680 g/mol. The van der Waals surface area contributed by atoms with Crippen molar-refractivity contribution in [2.75, 3.05) is 26.2 Å². The van der Waals surface area contributed by atoms with E-state index in [4.69, 9.17) is 0 Å². The fraction of sp³-hybridized carbons (Fsp3) is 0.429. The predicted octanol–water partition coefficient (Wildman–Crippen LogP) is 18.7. The number of amides is 4. The number of nitrogens with zero attached hydrogens (tertiary/aromatic N) is 16. The molecule has 4 aromatic carbocycles. The van der Waals surface area contributed by atoms with Gasteiger partial charge in [0.05, 0.1) is 22.7 Å². The Labute approximate surface area is 717 Å². The van der Waals surface area contributed by atoms with Crippen LogP contribution in [0, 0.1) is 77.9 Å². The third kappa shape index (κ3) is 27.6. The number of rotatable bonds is 37. The Morgan fingerprint density at radius 1 is 0.366 bits per heavy atom. The summed E-state index contributed by atoms with van der Waals surface area (Å²) in [5.41, 5.74) is 3.24. The van der Waals surface area contributed by atoms with Gasteiger partial charge in [-0.05, 0) is 189 Å². The number of hydrogen-bond donors (Lipinski definition) is 8. The molecule has 8 aromatic rings. The van der Waals surface area contributed by atoms with Gasteiger partial charge in [-0.2, -0.15) is 41.5 Å². The molecule has 32 heteroatoms. The van der Waals surface area contributed by atoms with Gasteiger partial charge in [0.1, 0.15) is 46.5 Å². The highest BCUT2D eigenvalue weighted by Crippen LogP contribution is 2.33. The second-order valence-electron chi connectivity index (χ2n) is 28.8. The average molecular weight is 1680 g/mol. The number of nitriles is 4. The summed E-state index contributed by atoms with van der Waals surface area (Å²) >= 11 is 0. The molecule has 4 aromatic heterocycles. The van der Waals surface area contributed by atoms with Crippen molar-refractivity contribution in [3.8, 4) is 47.8 Å². The van der Waals surface area contributed by atoms with Crippen molar-refractivity contribution in [2.45, 2.75) is 219 Å². The summed E-state index contributed by atoms with van der Waals surface area (Å²) < 4.78 is 4.57. The molecule has 4 heterocycles.